The lowest BCUT2D eigenvalue weighted by Gasteiger charge is -2.09. The largest absolute Gasteiger partial charge is 0.497 e. The first-order valence-electron chi connectivity index (χ1n) is 11.0. The van der Waals surface area contributed by atoms with E-state index in [-0.39, 0.29) is 5.57 Å². The number of methoxy groups -OCH3 is 1. The molecule has 4 aromatic rings. The molecule has 35 heavy (non-hydrogen) atoms. The molecule has 0 aliphatic heterocycles. The maximum absolute atomic E-state index is 12.8. The summed E-state index contributed by atoms with van der Waals surface area (Å²) in [6.07, 6.45) is 3.54. The zero-order chi connectivity index (χ0) is 24.8. The molecule has 0 bridgehead atoms. The lowest BCUT2D eigenvalue weighted by molar-refractivity contribution is -0.112. The molecule has 3 aromatic carbocycles. The third-order valence-corrected chi connectivity index (χ3v) is 5.99. The lowest BCUT2D eigenvalue weighted by Crippen LogP contribution is -2.13. The van der Waals surface area contributed by atoms with Gasteiger partial charge in [-0.2, -0.15) is 5.26 Å². The minimum Gasteiger partial charge on any atom is -0.497 e. The van der Waals surface area contributed by atoms with Gasteiger partial charge in [-0.3, -0.25) is 4.79 Å². The fourth-order valence-corrected chi connectivity index (χ4v) is 3.84. The van der Waals surface area contributed by atoms with Crippen LogP contribution in [0.1, 0.15) is 11.1 Å². The number of para-hydroxylation sites is 1. The molecule has 0 saturated carbocycles. The van der Waals surface area contributed by atoms with Crippen molar-refractivity contribution in [1.29, 1.82) is 5.26 Å². The first kappa shape index (κ1) is 23.9. The van der Waals surface area contributed by atoms with Crippen LogP contribution in [0.5, 0.6) is 11.5 Å². The minimum absolute atomic E-state index is 0.0108. The van der Waals surface area contributed by atoms with E-state index in [2.05, 4.69) is 9.88 Å². The molecule has 0 spiro atoms. The van der Waals surface area contributed by atoms with Gasteiger partial charge in [-0.15, -0.1) is 0 Å². The van der Waals surface area contributed by atoms with E-state index in [0.717, 1.165) is 27.8 Å². The van der Waals surface area contributed by atoms with Gasteiger partial charge in [0.1, 0.15) is 29.7 Å². The summed E-state index contributed by atoms with van der Waals surface area (Å²) in [5.41, 5.74) is 3.32. The number of hydrogen-bond acceptors (Lipinski definition) is 4. The van der Waals surface area contributed by atoms with Crippen LogP contribution >= 0.6 is 11.6 Å². The second kappa shape index (κ2) is 10.8. The van der Waals surface area contributed by atoms with Gasteiger partial charge >= 0.3 is 0 Å². The first-order chi connectivity index (χ1) is 17.0. The number of halogens is 1. The summed E-state index contributed by atoms with van der Waals surface area (Å²) in [6, 6.07) is 22.4. The van der Waals surface area contributed by atoms with Crippen LogP contribution in [0.4, 0.5) is 5.69 Å². The standard InChI is InChI=1S/C28H24ClN3O3/c1-19-15-24(11-12-26(19)29)35-14-13-32-18-21(25-5-3-4-6-27(25)32)16-20(17-30)28(33)31-22-7-9-23(34-2)10-8-22/h3-12,15-16,18H,13-14H2,1-2H3,(H,31,33)/b20-16+. The smallest absolute Gasteiger partial charge is 0.266 e. The van der Waals surface area contributed by atoms with Gasteiger partial charge in [-0.05, 0) is 67.1 Å². The fraction of sp³-hybridized carbons (Fsp3) is 0.143. The molecule has 0 atom stereocenters. The predicted octanol–water partition coefficient (Wildman–Crippen LogP) is 6.24. The highest BCUT2D eigenvalue weighted by molar-refractivity contribution is 6.31. The molecule has 0 radical (unpaired) electrons. The van der Waals surface area contributed by atoms with E-state index in [0.29, 0.717) is 29.6 Å². The number of nitriles is 1. The molecule has 0 aliphatic carbocycles. The second-order valence-corrected chi connectivity index (χ2v) is 8.31. The Labute approximate surface area is 209 Å². The van der Waals surface area contributed by atoms with Crippen LogP contribution in [0.2, 0.25) is 5.02 Å². The molecule has 0 fully saturated rings. The van der Waals surface area contributed by atoms with Crippen molar-refractivity contribution in [2.45, 2.75) is 13.5 Å². The maximum atomic E-state index is 12.8. The molecule has 7 heteroatoms. The highest BCUT2D eigenvalue weighted by Crippen LogP contribution is 2.25. The van der Waals surface area contributed by atoms with Crippen molar-refractivity contribution in [3.8, 4) is 17.6 Å². The Morgan fingerprint density at radius 1 is 1.11 bits per heavy atom. The molecular formula is C28H24ClN3O3. The molecule has 0 saturated heterocycles. The first-order valence-corrected chi connectivity index (χ1v) is 11.4. The summed E-state index contributed by atoms with van der Waals surface area (Å²) in [5.74, 6) is 0.962. The van der Waals surface area contributed by atoms with E-state index in [1.54, 1.807) is 37.5 Å². The summed E-state index contributed by atoms with van der Waals surface area (Å²) in [5, 5.41) is 14.1. The molecule has 6 nitrogen and oxygen atoms in total. The van der Waals surface area contributed by atoms with Crippen molar-refractivity contribution in [1.82, 2.24) is 4.57 Å². The SMILES string of the molecule is COc1ccc(NC(=O)/C(C#N)=C/c2cn(CCOc3ccc(Cl)c(C)c3)c3ccccc23)cc1. The average Bonchev–Trinajstić information content (AvgIpc) is 3.22. The molecule has 0 unspecified atom stereocenters. The third kappa shape index (κ3) is 5.65. The second-order valence-electron chi connectivity index (χ2n) is 7.91. The van der Waals surface area contributed by atoms with Crippen LogP contribution < -0.4 is 14.8 Å². The summed E-state index contributed by atoms with van der Waals surface area (Å²) < 4.78 is 13.1. The van der Waals surface area contributed by atoms with Gasteiger partial charge in [0.05, 0.1) is 13.7 Å². The Morgan fingerprint density at radius 3 is 2.57 bits per heavy atom. The number of carbonyl (C=O) groups excluding carboxylic acids is 1. The van der Waals surface area contributed by atoms with Gasteiger partial charge in [0.25, 0.3) is 5.91 Å². The number of nitrogens with one attached hydrogen (secondary N) is 1. The van der Waals surface area contributed by atoms with Crippen LogP contribution in [0.25, 0.3) is 17.0 Å². The average molecular weight is 486 g/mol. The number of anilines is 1. The van der Waals surface area contributed by atoms with Crippen LogP contribution in [0, 0.1) is 18.3 Å². The van der Waals surface area contributed by atoms with Crippen LogP contribution in [0.3, 0.4) is 0 Å². The topological polar surface area (TPSA) is 76.3 Å². The minimum atomic E-state index is -0.476. The normalized spacial score (nSPS) is 11.2. The molecule has 1 amide bonds. The molecule has 0 aliphatic rings. The number of ether oxygens (including phenoxy) is 2. The van der Waals surface area contributed by atoms with E-state index >= 15 is 0 Å². The van der Waals surface area contributed by atoms with Gasteiger partial charge in [0.15, 0.2) is 0 Å². The monoisotopic (exact) mass is 485 g/mol. The Hall–Kier alpha value is -4.21. The van der Waals surface area contributed by atoms with E-state index in [4.69, 9.17) is 21.1 Å². The van der Waals surface area contributed by atoms with Crippen molar-refractivity contribution in [2.75, 3.05) is 19.0 Å². The number of nitrogens with zero attached hydrogens (tertiary/aromatic N) is 2. The number of carbonyl (C=O) groups is 1. The number of hydrogen-bond donors (Lipinski definition) is 1. The Balaban J connectivity index is 1.53. The number of aryl methyl sites for hydroxylation is 1. The predicted molar refractivity (Wildman–Crippen MR) is 139 cm³/mol. The number of amides is 1. The molecular weight excluding hydrogens is 462 g/mol. The summed E-state index contributed by atoms with van der Waals surface area (Å²) in [7, 11) is 1.57. The highest BCUT2D eigenvalue weighted by atomic mass is 35.5. The van der Waals surface area contributed by atoms with Crippen molar-refractivity contribution < 1.29 is 14.3 Å². The van der Waals surface area contributed by atoms with Crippen molar-refractivity contribution in [3.63, 3.8) is 0 Å². The number of aromatic nitrogens is 1. The van der Waals surface area contributed by atoms with Gasteiger partial charge < -0.3 is 19.4 Å². The van der Waals surface area contributed by atoms with Crippen LogP contribution in [-0.2, 0) is 11.3 Å². The van der Waals surface area contributed by atoms with Gasteiger partial charge in [0.2, 0.25) is 0 Å². The Morgan fingerprint density at radius 2 is 1.86 bits per heavy atom. The van der Waals surface area contributed by atoms with Gasteiger partial charge in [-0.1, -0.05) is 29.8 Å². The molecule has 176 valence electrons. The zero-order valence-corrected chi connectivity index (χ0v) is 20.2. The lowest BCUT2D eigenvalue weighted by atomic mass is 10.1. The molecule has 4 rings (SSSR count). The van der Waals surface area contributed by atoms with Gasteiger partial charge in [0, 0.05) is 33.4 Å². The number of benzene rings is 3. The quantitative estimate of drug-likeness (QED) is 0.237. The Bertz CT molecular complexity index is 1430. The van der Waals surface area contributed by atoms with Crippen molar-refractivity contribution in [3.05, 3.63) is 94.6 Å². The Kier molecular flexibility index (Phi) is 7.39. The summed E-state index contributed by atoms with van der Waals surface area (Å²) in [6.45, 7) is 2.98. The van der Waals surface area contributed by atoms with E-state index < -0.39 is 5.91 Å². The maximum Gasteiger partial charge on any atom is 0.266 e. The number of rotatable bonds is 8. The number of fused-ring (bicyclic) bond motifs is 1. The summed E-state index contributed by atoms with van der Waals surface area (Å²) >= 11 is 6.09. The molecule has 1 heterocycles. The van der Waals surface area contributed by atoms with Crippen LogP contribution in [0.15, 0.2) is 78.5 Å². The van der Waals surface area contributed by atoms with Crippen molar-refractivity contribution in [2.24, 2.45) is 0 Å². The van der Waals surface area contributed by atoms with Gasteiger partial charge in [-0.25, -0.2) is 0 Å². The van der Waals surface area contributed by atoms with Crippen molar-refractivity contribution >= 4 is 40.2 Å². The fourth-order valence-electron chi connectivity index (χ4n) is 3.72. The molecule has 1 N–H and O–H groups in total. The third-order valence-electron chi connectivity index (χ3n) is 5.56. The summed E-state index contributed by atoms with van der Waals surface area (Å²) in [4.78, 5) is 12.8. The van der Waals surface area contributed by atoms with E-state index in [1.165, 1.54) is 0 Å². The molecule has 1 aromatic heterocycles. The van der Waals surface area contributed by atoms with E-state index in [9.17, 15) is 10.1 Å². The zero-order valence-electron chi connectivity index (χ0n) is 19.4. The van der Waals surface area contributed by atoms with Crippen LogP contribution in [-0.4, -0.2) is 24.2 Å². The highest BCUT2D eigenvalue weighted by Gasteiger charge is 2.13. The van der Waals surface area contributed by atoms with E-state index in [1.807, 2.05) is 61.7 Å².